The van der Waals surface area contributed by atoms with Gasteiger partial charge in [-0.3, -0.25) is 8.93 Å². The molecule has 0 fully saturated rings. The lowest BCUT2D eigenvalue weighted by Crippen LogP contribution is -2.17. The fourth-order valence-corrected chi connectivity index (χ4v) is 4.66. The Kier molecular flexibility index (Phi) is 9.42. The molecular weight excluding hydrogens is 472 g/mol. The number of sulfonamides is 1. The van der Waals surface area contributed by atoms with Gasteiger partial charge in [-0.2, -0.15) is 13.2 Å². The van der Waals surface area contributed by atoms with Gasteiger partial charge in [-0.25, -0.2) is 8.42 Å². The summed E-state index contributed by atoms with van der Waals surface area (Å²) in [6.07, 6.45) is -4.83. The van der Waals surface area contributed by atoms with Crippen molar-refractivity contribution in [3.8, 4) is 0 Å². The van der Waals surface area contributed by atoms with E-state index < -0.39 is 42.5 Å². The van der Waals surface area contributed by atoms with Crippen molar-refractivity contribution in [2.24, 2.45) is 5.73 Å². The van der Waals surface area contributed by atoms with Gasteiger partial charge < -0.3 is 5.73 Å². The molecule has 0 saturated heterocycles. The number of alkyl halides is 3. The summed E-state index contributed by atoms with van der Waals surface area (Å²) >= 11 is 11.4. The molecule has 2 aromatic rings. The maximum Gasteiger partial charge on any atom is 0.417 e. The van der Waals surface area contributed by atoms with Crippen LogP contribution >= 0.6 is 23.2 Å². The highest BCUT2D eigenvalue weighted by molar-refractivity contribution is 7.92. The van der Waals surface area contributed by atoms with Crippen molar-refractivity contribution in [3.05, 3.63) is 52.0 Å². The first-order chi connectivity index (χ1) is 13.5. The molecule has 12 heteroatoms. The molecule has 0 amide bonds. The SMILES string of the molecule is CC.NCCS(=O)c1ccc(Cl)cc1NS(=O)(=O)c1ccc(Cl)c(C(F)(F)F)c1. The van der Waals surface area contributed by atoms with Crippen LogP contribution in [0.15, 0.2) is 46.2 Å². The summed E-state index contributed by atoms with van der Waals surface area (Å²) in [6.45, 7) is 4.09. The number of benzene rings is 2. The zero-order chi connectivity index (χ0) is 22.4. The van der Waals surface area contributed by atoms with Crippen molar-refractivity contribution in [1.29, 1.82) is 0 Å². The van der Waals surface area contributed by atoms with Gasteiger partial charge in [0, 0.05) is 17.3 Å². The number of nitrogens with one attached hydrogen (secondary N) is 1. The summed E-state index contributed by atoms with van der Waals surface area (Å²) in [5.41, 5.74) is 3.96. The third kappa shape index (κ3) is 6.85. The van der Waals surface area contributed by atoms with Crippen LogP contribution in [0.4, 0.5) is 18.9 Å². The Morgan fingerprint density at radius 3 is 2.28 bits per heavy atom. The molecule has 5 nitrogen and oxygen atoms in total. The molecule has 0 aliphatic heterocycles. The summed E-state index contributed by atoms with van der Waals surface area (Å²) < 4.78 is 78.4. The second-order valence-corrected chi connectivity index (χ2v) is 9.29. The molecule has 0 spiro atoms. The summed E-state index contributed by atoms with van der Waals surface area (Å²) in [6, 6.07) is 6.17. The van der Waals surface area contributed by atoms with E-state index in [2.05, 4.69) is 4.72 Å². The number of anilines is 1. The summed E-state index contributed by atoms with van der Waals surface area (Å²) in [7, 11) is -6.06. The van der Waals surface area contributed by atoms with Crippen LogP contribution in [0.2, 0.25) is 10.0 Å². The smallest absolute Gasteiger partial charge is 0.330 e. The van der Waals surface area contributed by atoms with Gasteiger partial charge in [0.25, 0.3) is 10.0 Å². The Hall–Kier alpha value is -1.33. The van der Waals surface area contributed by atoms with E-state index in [1.165, 1.54) is 18.2 Å². The Labute approximate surface area is 179 Å². The van der Waals surface area contributed by atoms with Gasteiger partial charge in [0.05, 0.1) is 36.9 Å². The van der Waals surface area contributed by atoms with Crippen molar-refractivity contribution in [1.82, 2.24) is 0 Å². The standard InChI is InChI=1S/C15H13Cl2F3N2O3S2.C2H6/c16-9-1-4-14(26(23)6-5-21)13(7-9)22-27(24,25)10-2-3-12(17)11(8-10)15(18,19)20;1-2/h1-4,7-8,22H,5-6,21H2;1-2H3. The number of hydrogen-bond acceptors (Lipinski definition) is 4. The highest BCUT2D eigenvalue weighted by Crippen LogP contribution is 2.36. The Morgan fingerprint density at radius 1 is 1.10 bits per heavy atom. The molecular formula is C17H19Cl2F3N2O3S2. The summed E-state index contributed by atoms with van der Waals surface area (Å²) in [5.74, 6) is 0.0650. The van der Waals surface area contributed by atoms with Crippen molar-refractivity contribution >= 4 is 49.7 Å². The van der Waals surface area contributed by atoms with Crippen LogP contribution < -0.4 is 10.5 Å². The Morgan fingerprint density at radius 2 is 1.72 bits per heavy atom. The van der Waals surface area contributed by atoms with E-state index in [-0.39, 0.29) is 27.9 Å². The van der Waals surface area contributed by atoms with Crippen LogP contribution in [-0.4, -0.2) is 24.9 Å². The highest BCUT2D eigenvalue weighted by atomic mass is 35.5. The summed E-state index contributed by atoms with van der Waals surface area (Å²) in [4.78, 5) is -0.548. The second-order valence-electron chi connectivity index (χ2n) is 5.22. The van der Waals surface area contributed by atoms with E-state index in [0.29, 0.717) is 6.07 Å². The van der Waals surface area contributed by atoms with E-state index >= 15 is 0 Å². The predicted octanol–water partition coefficient (Wildman–Crippen LogP) is 4.91. The van der Waals surface area contributed by atoms with Gasteiger partial charge >= 0.3 is 6.18 Å². The van der Waals surface area contributed by atoms with Gasteiger partial charge in [0.1, 0.15) is 0 Å². The van der Waals surface area contributed by atoms with Crippen LogP contribution in [0.5, 0.6) is 0 Å². The molecule has 3 N–H and O–H groups in total. The van der Waals surface area contributed by atoms with Crippen LogP contribution in [0.1, 0.15) is 19.4 Å². The van der Waals surface area contributed by atoms with Crippen LogP contribution in [0.25, 0.3) is 0 Å². The van der Waals surface area contributed by atoms with Gasteiger partial charge in [-0.05, 0) is 36.4 Å². The topological polar surface area (TPSA) is 89.3 Å². The quantitative estimate of drug-likeness (QED) is 0.602. The normalized spacial score (nSPS) is 12.7. The third-order valence-electron chi connectivity index (χ3n) is 3.29. The number of rotatable bonds is 6. The fraction of sp³-hybridized carbons (Fsp3) is 0.294. The first-order valence-corrected chi connectivity index (χ1v) is 11.8. The van der Waals surface area contributed by atoms with Crippen molar-refractivity contribution < 1.29 is 25.8 Å². The molecule has 2 rings (SSSR count). The lowest BCUT2D eigenvalue weighted by molar-refractivity contribution is -0.137. The molecule has 0 aromatic heterocycles. The molecule has 1 atom stereocenters. The maximum atomic E-state index is 13.0. The Bertz CT molecular complexity index is 984. The van der Waals surface area contributed by atoms with Crippen molar-refractivity contribution in [2.75, 3.05) is 17.0 Å². The first-order valence-electron chi connectivity index (χ1n) is 8.23. The lowest BCUT2D eigenvalue weighted by Gasteiger charge is -2.15. The molecule has 0 radical (unpaired) electrons. The monoisotopic (exact) mass is 490 g/mol. The van der Waals surface area contributed by atoms with Crippen LogP contribution in [-0.2, 0) is 27.0 Å². The van der Waals surface area contributed by atoms with E-state index in [0.717, 1.165) is 12.1 Å². The molecule has 0 aliphatic carbocycles. The number of nitrogens with two attached hydrogens (primary N) is 1. The van der Waals surface area contributed by atoms with Crippen molar-refractivity contribution in [3.63, 3.8) is 0 Å². The third-order valence-corrected chi connectivity index (χ3v) is 6.67. The summed E-state index contributed by atoms with van der Waals surface area (Å²) in [5, 5.41) is -0.484. The Balaban J connectivity index is 0.00000204. The van der Waals surface area contributed by atoms with Gasteiger partial charge in [0.15, 0.2) is 0 Å². The molecule has 0 saturated carbocycles. The van der Waals surface area contributed by atoms with Crippen LogP contribution in [0.3, 0.4) is 0 Å². The average Bonchev–Trinajstić information content (AvgIpc) is 2.62. The van der Waals surface area contributed by atoms with Gasteiger partial charge in [-0.15, -0.1) is 0 Å². The average molecular weight is 491 g/mol. The van der Waals surface area contributed by atoms with E-state index in [4.69, 9.17) is 28.9 Å². The molecule has 29 heavy (non-hydrogen) atoms. The lowest BCUT2D eigenvalue weighted by atomic mass is 10.2. The van der Waals surface area contributed by atoms with Crippen LogP contribution in [0, 0.1) is 0 Å². The maximum absolute atomic E-state index is 13.0. The zero-order valence-electron chi connectivity index (χ0n) is 15.4. The molecule has 0 bridgehead atoms. The molecule has 1 unspecified atom stereocenters. The largest absolute Gasteiger partial charge is 0.417 e. The fourth-order valence-electron chi connectivity index (χ4n) is 2.09. The van der Waals surface area contributed by atoms with E-state index in [1.54, 1.807) is 0 Å². The predicted molar refractivity (Wildman–Crippen MR) is 110 cm³/mol. The number of halogens is 5. The van der Waals surface area contributed by atoms with Crippen molar-refractivity contribution in [2.45, 2.75) is 29.8 Å². The minimum atomic E-state index is -4.83. The van der Waals surface area contributed by atoms with Gasteiger partial charge in [0.2, 0.25) is 0 Å². The molecule has 162 valence electrons. The minimum absolute atomic E-state index is 0.0650. The minimum Gasteiger partial charge on any atom is -0.330 e. The zero-order valence-corrected chi connectivity index (χ0v) is 18.5. The molecule has 2 aromatic carbocycles. The first kappa shape index (κ1) is 25.7. The van der Waals surface area contributed by atoms with E-state index in [9.17, 15) is 25.8 Å². The second kappa shape index (κ2) is 10.6. The van der Waals surface area contributed by atoms with Gasteiger partial charge in [-0.1, -0.05) is 37.0 Å². The number of hydrogen-bond donors (Lipinski definition) is 2. The molecule has 0 aliphatic rings. The highest BCUT2D eigenvalue weighted by Gasteiger charge is 2.34. The molecule has 0 heterocycles. The van der Waals surface area contributed by atoms with E-state index in [1.807, 2.05) is 13.8 Å².